The van der Waals surface area contributed by atoms with Crippen molar-refractivity contribution in [3.05, 3.63) is 47.8 Å². The van der Waals surface area contributed by atoms with E-state index in [2.05, 4.69) is 14.8 Å². The molecule has 3 saturated heterocycles. The molecule has 2 aromatic heterocycles. The maximum Gasteiger partial charge on any atom is 0.354 e. The minimum absolute atomic E-state index is 0.0965. The molecule has 5 heterocycles. The number of pyridine rings is 1. The first kappa shape index (κ1) is 24.1. The van der Waals surface area contributed by atoms with Gasteiger partial charge in [0, 0.05) is 19.0 Å². The molecule has 1 saturated carbocycles. The number of benzene rings is 1. The van der Waals surface area contributed by atoms with Crippen molar-refractivity contribution in [2.24, 2.45) is 11.8 Å². The topological polar surface area (TPSA) is 83.7 Å². The van der Waals surface area contributed by atoms with Gasteiger partial charge in [-0.15, -0.1) is 0 Å². The third kappa shape index (κ3) is 4.28. The van der Waals surface area contributed by atoms with E-state index in [1.54, 1.807) is 0 Å². The van der Waals surface area contributed by atoms with Crippen LogP contribution in [0, 0.1) is 11.8 Å². The van der Waals surface area contributed by atoms with E-state index in [0.717, 1.165) is 86.3 Å². The summed E-state index contributed by atoms with van der Waals surface area (Å²) in [5.41, 5.74) is 3.78. The van der Waals surface area contributed by atoms with Crippen molar-refractivity contribution in [1.29, 1.82) is 0 Å². The monoisotopic (exact) mass is 515 g/mol. The van der Waals surface area contributed by atoms with E-state index in [1.807, 2.05) is 41.1 Å². The van der Waals surface area contributed by atoms with Crippen molar-refractivity contribution in [3.63, 3.8) is 0 Å². The molecule has 3 aliphatic heterocycles. The minimum atomic E-state index is -0.988. The molecule has 8 heteroatoms. The zero-order chi connectivity index (χ0) is 25.6. The van der Waals surface area contributed by atoms with Gasteiger partial charge in [0.15, 0.2) is 11.3 Å². The average Bonchev–Trinajstić information content (AvgIpc) is 3.26. The fourth-order valence-corrected chi connectivity index (χ4v) is 7.00. The number of carbonyl (C=O) groups is 1. The van der Waals surface area contributed by atoms with Crippen LogP contribution in [0.2, 0.25) is 0 Å². The van der Waals surface area contributed by atoms with Crippen LogP contribution in [0.4, 0.5) is 5.69 Å². The van der Waals surface area contributed by atoms with Crippen molar-refractivity contribution in [2.45, 2.75) is 56.9 Å². The first-order chi connectivity index (χ1) is 18.7. The quantitative estimate of drug-likeness (QED) is 0.509. The molecule has 38 heavy (non-hydrogen) atoms. The summed E-state index contributed by atoms with van der Waals surface area (Å²) in [6, 6.07) is 12.5. The second-order valence-corrected chi connectivity index (χ2v) is 11.7. The lowest BCUT2D eigenvalue weighted by atomic mass is 9.78. The first-order valence-electron chi connectivity index (χ1n) is 14.4. The van der Waals surface area contributed by atoms with Crippen LogP contribution in [-0.4, -0.2) is 76.2 Å². The molecular formula is C30H37N5O3. The predicted octanol–water partition coefficient (Wildman–Crippen LogP) is 4.71. The number of para-hydroxylation sites is 1. The summed E-state index contributed by atoms with van der Waals surface area (Å²) in [5, 5.41) is 16.1. The third-order valence-corrected chi connectivity index (χ3v) is 9.61. The number of likely N-dealkylation sites (tertiary alicyclic amines) is 1. The lowest BCUT2D eigenvalue weighted by Gasteiger charge is -2.44. The molecule has 1 aromatic carbocycles. The Labute approximate surface area is 223 Å². The Morgan fingerprint density at radius 3 is 2.18 bits per heavy atom. The zero-order valence-electron chi connectivity index (χ0n) is 22.0. The summed E-state index contributed by atoms with van der Waals surface area (Å²) in [7, 11) is 0. The number of nitrogens with zero attached hydrogens (tertiary/aromatic N) is 5. The van der Waals surface area contributed by atoms with Crippen molar-refractivity contribution >= 4 is 22.7 Å². The third-order valence-electron chi connectivity index (χ3n) is 9.61. The maximum atomic E-state index is 12.2. The molecule has 3 aromatic rings. The van der Waals surface area contributed by atoms with Crippen LogP contribution in [0.25, 0.3) is 16.7 Å². The Hall–Kier alpha value is -2.97. The second-order valence-electron chi connectivity index (χ2n) is 11.7. The Kier molecular flexibility index (Phi) is 6.32. The summed E-state index contributed by atoms with van der Waals surface area (Å²) in [6.45, 7) is 6.14. The number of carboxylic acid groups (broad SMARTS) is 1. The summed E-state index contributed by atoms with van der Waals surface area (Å²) < 4.78 is 7.27. The van der Waals surface area contributed by atoms with Crippen molar-refractivity contribution in [3.8, 4) is 5.69 Å². The number of piperidine rings is 2. The highest BCUT2D eigenvalue weighted by Gasteiger charge is 2.35. The highest BCUT2D eigenvalue weighted by atomic mass is 16.5. The van der Waals surface area contributed by atoms with Crippen molar-refractivity contribution in [2.75, 3.05) is 44.3 Å². The van der Waals surface area contributed by atoms with E-state index in [1.165, 1.54) is 32.4 Å². The van der Waals surface area contributed by atoms with E-state index in [-0.39, 0.29) is 5.69 Å². The molecule has 1 N–H and O–H groups in total. The number of aromatic carboxylic acids is 1. The van der Waals surface area contributed by atoms with E-state index < -0.39 is 5.97 Å². The van der Waals surface area contributed by atoms with Gasteiger partial charge in [-0.25, -0.2) is 14.5 Å². The lowest BCUT2D eigenvalue weighted by molar-refractivity contribution is -0.0763. The summed E-state index contributed by atoms with van der Waals surface area (Å²) in [5.74, 6) is 0.980. The van der Waals surface area contributed by atoms with Crippen LogP contribution in [0.1, 0.15) is 67.0 Å². The summed E-state index contributed by atoms with van der Waals surface area (Å²) in [4.78, 5) is 21.9. The standard InChI is InChI=1S/C30H37N5O3/c36-30(37)25-17-26(34-15-11-21(12-16-34)20-9-13-33(14-10-20)24-18-38-19-24)27-28(22-5-4-6-22)32-35(29(27)31-25)23-7-2-1-3-8-23/h1-3,7-8,17,20-22,24H,4-6,9-16,18-19H2,(H,36,37). The Morgan fingerprint density at radius 1 is 0.921 bits per heavy atom. The number of aromatic nitrogens is 3. The first-order valence-corrected chi connectivity index (χ1v) is 14.4. The molecule has 4 fully saturated rings. The van der Waals surface area contributed by atoms with Gasteiger partial charge in [0.1, 0.15) is 0 Å². The van der Waals surface area contributed by atoms with Crippen LogP contribution in [-0.2, 0) is 4.74 Å². The second kappa shape index (κ2) is 9.97. The lowest BCUT2D eigenvalue weighted by Crippen LogP contribution is -2.52. The van der Waals surface area contributed by atoms with Gasteiger partial charge in [-0.1, -0.05) is 24.6 Å². The van der Waals surface area contributed by atoms with Crippen LogP contribution in [0.5, 0.6) is 0 Å². The van der Waals surface area contributed by atoms with Crippen LogP contribution >= 0.6 is 0 Å². The number of fused-ring (bicyclic) bond motifs is 1. The van der Waals surface area contributed by atoms with E-state index in [0.29, 0.717) is 17.6 Å². The number of rotatable bonds is 6. The average molecular weight is 516 g/mol. The van der Waals surface area contributed by atoms with E-state index in [9.17, 15) is 9.90 Å². The van der Waals surface area contributed by atoms with Gasteiger partial charge in [-0.2, -0.15) is 5.10 Å². The van der Waals surface area contributed by atoms with Crippen LogP contribution in [0.3, 0.4) is 0 Å². The summed E-state index contributed by atoms with van der Waals surface area (Å²) >= 11 is 0. The number of hydrogen-bond acceptors (Lipinski definition) is 6. The van der Waals surface area contributed by atoms with Crippen LogP contribution < -0.4 is 4.90 Å². The Balaban J connectivity index is 1.18. The van der Waals surface area contributed by atoms with E-state index >= 15 is 0 Å². The molecule has 200 valence electrons. The molecule has 4 aliphatic rings. The number of anilines is 1. The van der Waals surface area contributed by atoms with Gasteiger partial charge >= 0.3 is 5.97 Å². The predicted molar refractivity (Wildman–Crippen MR) is 146 cm³/mol. The molecule has 0 unspecified atom stereocenters. The van der Waals surface area contributed by atoms with Crippen LogP contribution in [0.15, 0.2) is 36.4 Å². The smallest absolute Gasteiger partial charge is 0.354 e. The number of hydrogen-bond donors (Lipinski definition) is 1. The van der Waals surface area contributed by atoms with Crippen molar-refractivity contribution < 1.29 is 14.6 Å². The molecule has 8 nitrogen and oxygen atoms in total. The highest BCUT2D eigenvalue weighted by molar-refractivity contribution is 5.98. The van der Waals surface area contributed by atoms with Crippen molar-refractivity contribution in [1.82, 2.24) is 19.7 Å². The van der Waals surface area contributed by atoms with Gasteiger partial charge in [0.05, 0.1) is 41.7 Å². The molecule has 0 spiro atoms. The van der Waals surface area contributed by atoms with E-state index in [4.69, 9.17) is 9.84 Å². The maximum absolute atomic E-state index is 12.2. The normalized spacial score (nSPS) is 22.5. The van der Waals surface area contributed by atoms with Gasteiger partial charge in [-0.05, 0) is 81.6 Å². The molecular weight excluding hydrogens is 478 g/mol. The number of carboxylic acids is 1. The largest absolute Gasteiger partial charge is 0.477 e. The fraction of sp³-hybridized carbons (Fsp3) is 0.567. The minimum Gasteiger partial charge on any atom is -0.477 e. The molecule has 7 rings (SSSR count). The van der Waals surface area contributed by atoms with Gasteiger partial charge < -0.3 is 14.7 Å². The summed E-state index contributed by atoms with van der Waals surface area (Å²) in [6.07, 6.45) is 8.39. The molecule has 0 amide bonds. The molecule has 0 atom stereocenters. The SMILES string of the molecule is O=C(O)c1cc(N2CCC(C3CCN(C4COC4)CC3)CC2)c2c(C3CCC3)nn(-c3ccccc3)c2n1. The Morgan fingerprint density at radius 2 is 1.61 bits per heavy atom. The van der Waals surface area contributed by atoms with Gasteiger partial charge in [0.2, 0.25) is 0 Å². The zero-order valence-corrected chi connectivity index (χ0v) is 22.0. The fourth-order valence-electron chi connectivity index (χ4n) is 7.00. The van der Waals surface area contributed by atoms with Gasteiger partial charge in [-0.3, -0.25) is 4.90 Å². The molecule has 0 bridgehead atoms. The number of ether oxygens (including phenoxy) is 1. The van der Waals surface area contributed by atoms with Gasteiger partial charge in [0.25, 0.3) is 0 Å². The highest BCUT2D eigenvalue weighted by Crippen LogP contribution is 2.44. The Bertz CT molecular complexity index is 1300. The molecule has 0 radical (unpaired) electrons. The molecule has 1 aliphatic carbocycles.